The maximum absolute atomic E-state index is 9.55. The van der Waals surface area contributed by atoms with Crippen molar-refractivity contribution in [2.75, 3.05) is 13.1 Å². The van der Waals surface area contributed by atoms with E-state index >= 15 is 0 Å². The van der Waals surface area contributed by atoms with Crippen LogP contribution in [-0.2, 0) is 6.54 Å². The highest BCUT2D eigenvalue weighted by molar-refractivity contribution is 9.10. The molecule has 0 bridgehead atoms. The molecule has 1 aromatic carbocycles. The van der Waals surface area contributed by atoms with E-state index in [2.05, 4.69) is 45.1 Å². The first-order valence-corrected chi connectivity index (χ1v) is 6.18. The largest absolute Gasteiger partial charge is 0.392 e. The molecule has 0 unspecified atom stereocenters. The summed E-state index contributed by atoms with van der Waals surface area (Å²) in [5, 5.41) is 9.55. The van der Waals surface area contributed by atoms with Crippen LogP contribution in [0.5, 0.6) is 0 Å². The van der Waals surface area contributed by atoms with Crippen molar-refractivity contribution in [2.24, 2.45) is 0 Å². The minimum Gasteiger partial charge on any atom is -0.392 e. The van der Waals surface area contributed by atoms with E-state index in [4.69, 9.17) is 0 Å². The topological polar surface area (TPSA) is 23.5 Å². The van der Waals surface area contributed by atoms with Crippen molar-refractivity contribution in [2.45, 2.75) is 25.5 Å². The highest BCUT2D eigenvalue weighted by Gasteiger charge is 2.17. The lowest BCUT2D eigenvalue weighted by atomic mass is 10.1. The average molecular weight is 270 g/mol. The van der Waals surface area contributed by atoms with Crippen LogP contribution in [0.15, 0.2) is 28.7 Å². The molecule has 1 heterocycles. The molecule has 0 radical (unpaired) electrons. The van der Waals surface area contributed by atoms with Crippen molar-refractivity contribution in [1.29, 1.82) is 0 Å². The first-order valence-electron chi connectivity index (χ1n) is 5.39. The number of hydrogen-bond donors (Lipinski definition) is 1. The molecule has 0 saturated carbocycles. The number of hydrogen-bond acceptors (Lipinski definition) is 2. The molecule has 1 fully saturated rings. The van der Waals surface area contributed by atoms with Crippen LogP contribution >= 0.6 is 15.9 Å². The van der Waals surface area contributed by atoms with Crippen LogP contribution in [0.2, 0.25) is 0 Å². The molecule has 0 aliphatic carbocycles. The summed E-state index contributed by atoms with van der Waals surface area (Å²) in [6.07, 6.45) is 1.93. The third-order valence-corrected chi connectivity index (χ3v) is 3.33. The summed E-state index contributed by atoms with van der Waals surface area (Å²) in [7, 11) is 0. The summed E-state index contributed by atoms with van der Waals surface area (Å²) < 4.78 is 1.12. The van der Waals surface area contributed by atoms with E-state index in [0.29, 0.717) is 0 Å². The molecule has 2 rings (SSSR count). The fourth-order valence-electron chi connectivity index (χ4n) is 2.02. The standard InChI is InChI=1S/C12H16BrNO/c13-11-5-3-10(4-6-11)8-14-7-1-2-12(15)9-14/h3-6,12,15H,1-2,7-9H2/t12-/m1/s1. The molecule has 0 aromatic heterocycles. The maximum Gasteiger partial charge on any atom is 0.0667 e. The molecular weight excluding hydrogens is 254 g/mol. The number of nitrogens with zero attached hydrogens (tertiary/aromatic N) is 1. The normalized spacial score (nSPS) is 22.9. The number of aliphatic hydroxyl groups excluding tert-OH is 1. The molecule has 1 aliphatic heterocycles. The van der Waals surface area contributed by atoms with Crippen molar-refractivity contribution in [3.05, 3.63) is 34.3 Å². The Balaban J connectivity index is 1.93. The van der Waals surface area contributed by atoms with Crippen molar-refractivity contribution < 1.29 is 5.11 Å². The summed E-state index contributed by atoms with van der Waals surface area (Å²) in [5.41, 5.74) is 1.31. The van der Waals surface area contributed by atoms with Gasteiger partial charge in [0.15, 0.2) is 0 Å². The van der Waals surface area contributed by atoms with Gasteiger partial charge in [-0.25, -0.2) is 0 Å². The van der Waals surface area contributed by atoms with Gasteiger partial charge in [0.05, 0.1) is 6.10 Å². The number of halogens is 1. The molecule has 1 N–H and O–H groups in total. The van der Waals surface area contributed by atoms with Gasteiger partial charge in [0.2, 0.25) is 0 Å². The molecule has 3 heteroatoms. The summed E-state index contributed by atoms with van der Waals surface area (Å²) in [6.45, 7) is 2.87. The van der Waals surface area contributed by atoms with Crippen LogP contribution in [0.1, 0.15) is 18.4 Å². The lowest BCUT2D eigenvalue weighted by Gasteiger charge is -2.29. The van der Waals surface area contributed by atoms with Gasteiger partial charge in [0.25, 0.3) is 0 Å². The minimum atomic E-state index is -0.130. The van der Waals surface area contributed by atoms with Crippen LogP contribution in [0.3, 0.4) is 0 Å². The van der Waals surface area contributed by atoms with Gasteiger partial charge in [0.1, 0.15) is 0 Å². The third kappa shape index (κ3) is 3.30. The first-order chi connectivity index (χ1) is 7.24. The van der Waals surface area contributed by atoms with E-state index in [1.165, 1.54) is 5.56 Å². The first kappa shape index (κ1) is 11.1. The molecule has 0 spiro atoms. The molecule has 82 valence electrons. The van der Waals surface area contributed by atoms with Gasteiger partial charge in [-0.3, -0.25) is 4.90 Å². The Morgan fingerprint density at radius 1 is 1.33 bits per heavy atom. The second-order valence-corrected chi connectivity index (χ2v) is 5.07. The van der Waals surface area contributed by atoms with E-state index in [9.17, 15) is 5.11 Å². The number of benzene rings is 1. The zero-order valence-electron chi connectivity index (χ0n) is 8.69. The molecule has 15 heavy (non-hydrogen) atoms. The second-order valence-electron chi connectivity index (χ2n) is 4.16. The van der Waals surface area contributed by atoms with Gasteiger partial charge in [-0.1, -0.05) is 28.1 Å². The van der Waals surface area contributed by atoms with Gasteiger partial charge < -0.3 is 5.11 Å². The van der Waals surface area contributed by atoms with Crippen LogP contribution in [0.4, 0.5) is 0 Å². The molecule has 1 atom stereocenters. The van der Waals surface area contributed by atoms with Crippen molar-refractivity contribution in [1.82, 2.24) is 4.90 Å². The molecule has 2 nitrogen and oxygen atoms in total. The summed E-state index contributed by atoms with van der Waals surface area (Å²) in [5.74, 6) is 0. The lowest BCUT2D eigenvalue weighted by Crippen LogP contribution is -2.37. The Hall–Kier alpha value is -0.380. The zero-order valence-corrected chi connectivity index (χ0v) is 10.3. The van der Waals surface area contributed by atoms with Crippen LogP contribution in [0, 0.1) is 0 Å². The summed E-state index contributed by atoms with van der Waals surface area (Å²) in [6, 6.07) is 8.39. The quantitative estimate of drug-likeness (QED) is 0.892. The van der Waals surface area contributed by atoms with Crippen LogP contribution in [-0.4, -0.2) is 29.2 Å². The van der Waals surface area contributed by atoms with E-state index in [0.717, 1.165) is 36.9 Å². The van der Waals surface area contributed by atoms with Crippen LogP contribution in [0.25, 0.3) is 0 Å². The Labute approximate surface area is 99.0 Å². The highest BCUT2D eigenvalue weighted by atomic mass is 79.9. The molecule has 1 saturated heterocycles. The van der Waals surface area contributed by atoms with Crippen LogP contribution < -0.4 is 0 Å². The summed E-state index contributed by atoms with van der Waals surface area (Å²) in [4.78, 5) is 2.32. The summed E-state index contributed by atoms with van der Waals surface area (Å²) >= 11 is 3.43. The molecule has 0 amide bonds. The predicted molar refractivity (Wildman–Crippen MR) is 64.7 cm³/mol. The number of aliphatic hydroxyl groups is 1. The fourth-order valence-corrected chi connectivity index (χ4v) is 2.29. The SMILES string of the molecule is O[C@@H]1CCCN(Cc2ccc(Br)cc2)C1. The number of rotatable bonds is 2. The van der Waals surface area contributed by atoms with E-state index < -0.39 is 0 Å². The van der Waals surface area contributed by atoms with E-state index in [-0.39, 0.29) is 6.10 Å². The van der Waals surface area contributed by atoms with Gasteiger partial charge in [-0.05, 0) is 37.1 Å². The molecule has 1 aromatic rings. The smallest absolute Gasteiger partial charge is 0.0667 e. The highest BCUT2D eigenvalue weighted by Crippen LogP contribution is 2.15. The zero-order chi connectivity index (χ0) is 10.7. The number of piperidine rings is 1. The van der Waals surface area contributed by atoms with E-state index in [1.807, 2.05) is 0 Å². The molecule has 1 aliphatic rings. The Bertz CT molecular complexity index is 312. The van der Waals surface area contributed by atoms with Gasteiger partial charge in [0, 0.05) is 17.6 Å². The van der Waals surface area contributed by atoms with Crippen molar-refractivity contribution in [3.63, 3.8) is 0 Å². The Kier molecular flexibility index (Phi) is 3.78. The van der Waals surface area contributed by atoms with Gasteiger partial charge in [-0.15, -0.1) is 0 Å². The van der Waals surface area contributed by atoms with Gasteiger partial charge >= 0.3 is 0 Å². The molecular formula is C12H16BrNO. The maximum atomic E-state index is 9.55. The van der Waals surface area contributed by atoms with Crippen molar-refractivity contribution in [3.8, 4) is 0 Å². The Morgan fingerprint density at radius 3 is 2.73 bits per heavy atom. The predicted octanol–water partition coefficient (Wildman–Crippen LogP) is 2.41. The monoisotopic (exact) mass is 269 g/mol. The number of β-amino-alcohol motifs (C(OH)–C–C–N with tert-alkyl or cyclic N) is 1. The number of likely N-dealkylation sites (tertiary alicyclic amines) is 1. The minimum absolute atomic E-state index is 0.130. The van der Waals surface area contributed by atoms with E-state index in [1.54, 1.807) is 0 Å². The van der Waals surface area contributed by atoms with Gasteiger partial charge in [-0.2, -0.15) is 0 Å². The average Bonchev–Trinajstić information content (AvgIpc) is 2.22. The Morgan fingerprint density at radius 2 is 2.07 bits per heavy atom. The lowest BCUT2D eigenvalue weighted by molar-refractivity contribution is 0.0668. The second kappa shape index (κ2) is 5.10. The fraction of sp³-hybridized carbons (Fsp3) is 0.500. The van der Waals surface area contributed by atoms with Crippen molar-refractivity contribution >= 4 is 15.9 Å². The third-order valence-electron chi connectivity index (χ3n) is 2.80.